The third-order valence-electron chi connectivity index (χ3n) is 4.16. The summed E-state index contributed by atoms with van der Waals surface area (Å²) in [7, 11) is 0. The maximum absolute atomic E-state index is 12.4. The maximum Gasteiger partial charge on any atom is 0.248 e. The number of carbonyl (C=O) groups is 1. The average Bonchev–Trinajstić information content (AvgIpc) is 2.99. The Balaban J connectivity index is 1.62. The second-order valence-electron chi connectivity index (χ2n) is 5.55. The molecule has 3 rings (SSSR count). The number of pyridine rings is 1. The van der Waals surface area contributed by atoms with Gasteiger partial charge in [0.05, 0.1) is 0 Å². The highest BCUT2D eigenvalue weighted by atomic mass is 16.2. The first kappa shape index (κ1) is 14.6. The van der Waals surface area contributed by atoms with Gasteiger partial charge in [-0.2, -0.15) is 0 Å². The van der Waals surface area contributed by atoms with Crippen LogP contribution >= 0.6 is 0 Å². The smallest absolute Gasteiger partial charge is 0.248 e. The van der Waals surface area contributed by atoms with Crippen LogP contribution in [0.25, 0.3) is 0 Å². The van der Waals surface area contributed by atoms with E-state index in [0.29, 0.717) is 26.1 Å². The van der Waals surface area contributed by atoms with Gasteiger partial charge in [0.1, 0.15) is 5.82 Å². The quantitative estimate of drug-likeness (QED) is 0.919. The monoisotopic (exact) mass is 300 g/mol. The molecular formula is C16H20N4O2. The van der Waals surface area contributed by atoms with Crippen LogP contribution in [0, 0.1) is 0 Å². The number of hydrogen-bond acceptors (Lipinski definition) is 3. The number of aromatic amines is 1. The zero-order valence-electron chi connectivity index (χ0n) is 12.7. The average molecular weight is 300 g/mol. The number of hydrogen-bond donors (Lipinski definition) is 1. The number of amides is 1. The van der Waals surface area contributed by atoms with Crippen molar-refractivity contribution < 1.29 is 4.79 Å². The highest BCUT2D eigenvalue weighted by Gasteiger charge is 2.20. The lowest BCUT2D eigenvalue weighted by Crippen LogP contribution is -2.37. The molecule has 3 heterocycles. The molecule has 0 saturated carbocycles. The molecule has 0 bridgehead atoms. The summed E-state index contributed by atoms with van der Waals surface area (Å²) >= 11 is 0. The summed E-state index contributed by atoms with van der Waals surface area (Å²) in [4.78, 5) is 32.5. The zero-order chi connectivity index (χ0) is 15.5. The molecule has 22 heavy (non-hydrogen) atoms. The fourth-order valence-corrected chi connectivity index (χ4v) is 2.91. The van der Waals surface area contributed by atoms with Gasteiger partial charge in [-0.1, -0.05) is 6.92 Å². The van der Waals surface area contributed by atoms with Crippen molar-refractivity contribution in [3.8, 4) is 0 Å². The van der Waals surface area contributed by atoms with E-state index in [4.69, 9.17) is 0 Å². The zero-order valence-corrected chi connectivity index (χ0v) is 12.7. The molecule has 0 aromatic carbocycles. The fraction of sp³-hybridized carbons (Fsp3) is 0.438. The van der Waals surface area contributed by atoms with Crippen molar-refractivity contribution in [2.45, 2.75) is 39.3 Å². The third-order valence-corrected chi connectivity index (χ3v) is 4.16. The number of fused-ring (bicyclic) bond motifs is 1. The lowest BCUT2D eigenvalue weighted by Gasteiger charge is -2.28. The van der Waals surface area contributed by atoms with Crippen molar-refractivity contribution in [1.29, 1.82) is 0 Å². The van der Waals surface area contributed by atoms with Crippen LogP contribution in [0.3, 0.4) is 0 Å². The maximum atomic E-state index is 12.4. The minimum atomic E-state index is -0.0780. The third kappa shape index (κ3) is 2.95. The summed E-state index contributed by atoms with van der Waals surface area (Å²) < 4.78 is 2.03. The Morgan fingerprint density at radius 1 is 1.41 bits per heavy atom. The largest absolute Gasteiger partial charge is 0.338 e. The Morgan fingerprint density at radius 2 is 2.27 bits per heavy atom. The van der Waals surface area contributed by atoms with Crippen molar-refractivity contribution in [3.05, 3.63) is 52.0 Å². The van der Waals surface area contributed by atoms with Gasteiger partial charge >= 0.3 is 0 Å². The molecule has 0 aliphatic carbocycles. The van der Waals surface area contributed by atoms with Crippen molar-refractivity contribution in [2.75, 3.05) is 6.54 Å². The predicted molar refractivity (Wildman–Crippen MR) is 82.4 cm³/mol. The molecule has 1 amide bonds. The number of aryl methyl sites for hydroxylation is 2. The predicted octanol–water partition coefficient (Wildman–Crippen LogP) is 1.11. The Labute approximate surface area is 128 Å². The van der Waals surface area contributed by atoms with E-state index in [2.05, 4.69) is 16.9 Å². The molecule has 6 nitrogen and oxygen atoms in total. The molecule has 0 unspecified atom stereocenters. The van der Waals surface area contributed by atoms with Gasteiger partial charge in [0.15, 0.2) is 0 Å². The van der Waals surface area contributed by atoms with E-state index in [1.54, 1.807) is 18.5 Å². The van der Waals surface area contributed by atoms with E-state index in [1.165, 1.54) is 0 Å². The molecule has 2 aromatic rings. The molecule has 0 fully saturated rings. The minimum absolute atomic E-state index is 0.0780. The van der Waals surface area contributed by atoms with Gasteiger partial charge in [-0.3, -0.25) is 9.59 Å². The lowest BCUT2D eigenvalue weighted by atomic mass is 10.0. The standard InChI is InChI=1S/C16H20N4O2/c1-2-14-17-5-8-19(14)7-4-16(22)20-6-3-12-9-15(21)18-10-13(12)11-20/h5,8-10H,2-4,6-7,11H2,1H3,(H,18,21). The van der Waals surface area contributed by atoms with Crippen LogP contribution in [0.5, 0.6) is 0 Å². The normalized spacial score (nSPS) is 14.0. The van der Waals surface area contributed by atoms with E-state index >= 15 is 0 Å². The number of imidazole rings is 1. The molecule has 0 saturated heterocycles. The van der Waals surface area contributed by atoms with Crippen LogP contribution in [-0.2, 0) is 30.7 Å². The number of aromatic nitrogens is 3. The first-order valence-corrected chi connectivity index (χ1v) is 7.65. The van der Waals surface area contributed by atoms with Crippen LogP contribution in [0.15, 0.2) is 29.5 Å². The SMILES string of the molecule is CCc1nccn1CCC(=O)N1CCc2cc(=O)[nH]cc2C1. The fourth-order valence-electron chi connectivity index (χ4n) is 2.91. The summed E-state index contributed by atoms with van der Waals surface area (Å²) in [6.07, 6.45) is 7.51. The van der Waals surface area contributed by atoms with E-state index < -0.39 is 0 Å². The Hall–Kier alpha value is -2.37. The van der Waals surface area contributed by atoms with Gasteiger partial charge in [0.25, 0.3) is 0 Å². The van der Waals surface area contributed by atoms with Gasteiger partial charge in [0, 0.05) is 57.1 Å². The number of rotatable bonds is 4. The van der Waals surface area contributed by atoms with Crippen molar-refractivity contribution in [2.24, 2.45) is 0 Å². The van der Waals surface area contributed by atoms with Crippen LogP contribution in [0.4, 0.5) is 0 Å². The van der Waals surface area contributed by atoms with Gasteiger partial charge < -0.3 is 14.5 Å². The Kier molecular flexibility index (Phi) is 4.09. The second-order valence-corrected chi connectivity index (χ2v) is 5.55. The molecule has 116 valence electrons. The van der Waals surface area contributed by atoms with E-state index in [0.717, 1.165) is 29.8 Å². The molecule has 1 N–H and O–H groups in total. The van der Waals surface area contributed by atoms with E-state index in [1.807, 2.05) is 15.7 Å². The number of nitrogens with zero attached hydrogens (tertiary/aromatic N) is 3. The van der Waals surface area contributed by atoms with Crippen LogP contribution in [-0.4, -0.2) is 31.9 Å². The first-order valence-electron chi connectivity index (χ1n) is 7.65. The number of carbonyl (C=O) groups excluding carboxylic acids is 1. The number of nitrogens with one attached hydrogen (secondary N) is 1. The molecule has 0 spiro atoms. The molecule has 1 aliphatic rings. The van der Waals surface area contributed by atoms with Crippen LogP contribution < -0.4 is 5.56 Å². The van der Waals surface area contributed by atoms with Gasteiger partial charge in [-0.05, 0) is 17.5 Å². The minimum Gasteiger partial charge on any atom is -0.338 e. The van der Waals surface area contributed by atoms with Crippen molar-refractivity contribution >= 4 is 5.91 Å². The summed E-state index contributed by atoms with van der Waals surface area (Å²) in [6, 6.07) is 1.64. The van der Waals surface area contributed by atoms with Crippen LogP contribution in [0.2, 0.25) is 0 Å². The Morgan fingerprint density at radius 3 is 3.09 bits per heavy atom. The van der Waals surface area contributed by atoms with Gasteiger partial charge in [0.2, 0.25) is 11.5 Å². The topological polar surface area (TPSA) is 71.0 Å². The molecule has 0 atom stereocenters. The Bertz CT molecular complexity index is 732. The molecule has 0 radical (unpaired) electrons. The first-order chi connectivity index (χ1) is 10.7. The summed E-state index contributed by atoms with van der Waals surface area (Å²) in [5, 5.41) is 0. The van der Waals surface area contributed by atoms with Gasteiger partial charge in [-0.25, -0.2) is 4.98 Å². The van der Waals surface area contributed by atoms with E-state index in [-0.39, 0.29) is 11.5 Å². The summed E-state index contributed by atoms with van der Waals surface area (Å²) in [5.74, 6) is 1.15. The molecule has 1 aliphatic heterocycles. The second kappa shape index (κ2) is 6.17. The van der Waals surface area contributed by atoms with Crippen molar-refractivity contribution in [3.63, 3.8) is 0 Å². The summed E-state index contributed by atoms with van der Waals surface area (Å²) in [6.45, 7) is 3.98. The number of H-pyrrole nitrogens is 1. The van der Waals surface area contributed by atoms with Crippen LogP contribution in [0.1, 0.15) is 30.3 Å². The van der Waals surface area contributed by atoms with E-state index in [9.17, 15) is 9.59 Å². The molecular weight excluding hydrogens is 280 g/mol. The highest BCUT2D eigenvalue weighted by Crippen LogP contribution is 2.17. The van der Waals surface area contributed by atoms with Crippen molar-refractivity contribution in [1.82, 2.24) is 19.4 Å². The lowest BCUT2D eigenvalue weighted by molar-refractivity contribution is -0.132. The molecule has 6 heteroatoms. The van der Waals surface area contributed by atoms with Gasteiger partial charge in [-0.15, -0.1) is 0 Å². The summed E-state index contributed by atoms with van der Waals surface area (Å²) in [5.41, 5.74) is 2.01. The molecule has 2 aromatic heterocycles. The highest BCUT2D eigenvalue weighted by molar-refractivity contribution is 5.76.